The van der Waals surface area contributed by atoms with Gasteiger partial charge < -0.3 is 5.11 Å². The van der Waals surface area contributed by atoms with E-state index in [-0.39, 0.29) is 16.9 Å². The lowest BCUT2D eigenvalue weighted by molar-refractivity contribution is 0.0956. The van der Waals surface area contributed by atoms with Crippen molar-refractivity contribution in [3.8, 4) is 5.75 Å². The largest absolute Gasteiger partial charge is 0.508 e. The number of fused-ring (bicyclic) bond motifs is 1. The molecule has 2 rings (SSSR count). The van der Waals surface area contributed by atoms with Crippen LogP contribution in [-0.4, -0.2) is 10.9 Å². The number of hydrogen-bond acceptors (Lipinski definition) is 2. The Kier molecular flexibility index (Phi) is 1.88. The molecule has 74 valence electrons. The number of benzene rings is 1. The molecule has 1 aliphatic rings. The maximum atomic E-state index is 11.6. The first kappa shape index (κ1) is 9.25. The summed E-state index contributed by atoms with van der Waals surface area (Å²) in [6.07, 6.45) is 1.48. The summed E-state index contributed by atoms with van der Waals surface area (Å²) >= 11 is 0. The summed E-state index contributed by atoms with van der Waals surface area (Å²) in [6, 6.07) is 5.10. The van der Waals surface area contributed by atoms with E-state index in [0.29, 0.717) is 12.0 Å². The molecule has 14 heavy (non-hydrogen) atoms. The van der Waals surface area contributed by atoms with Crippen LogP contribution in [0.5, 0.6) is 5.75 Å². The minimum Gasteiger partial charge on any atom is -0.508 e. The van der Waals surface area contributed by atoms with Crippen molar-refractivity contribution in [3.05, 3.63) is 29.3 Å². The average molecular weight is 190 g/mol. The van der Waals surface area contributed by atoms with Gasteiger partial charge in [-0.05, 0) is 29.5 Å². The summed E-state index contributed by atoms with van der Waals surface area (Å²) in [5.74, 6) is 0.324. The van der Waals surface area contributed by atoms with Crippen molar-refractivity contribution < 1.29 is 9.90 Å². The first-order valence-corrected chi connectivity index (χ1v) is 4.87. The van der Waals surface area contributed by atoms with Crippen LogP contribution in [0.2, 0.25) is 0 Å². The van der Waals surface area contributed by atoms with Gasteiger partial charge in [0.05, 0.1) is 0 Å². The fourth-order valence-corrected chi connectivity index (χ4v) is 2.05. The molecule has 1 aliphatic carbocycles. The van der Waals surface area contributed by atoms with Crippen LogP contribution in [0.3, 0.4) is 0 Å². The minimum atomic E-state index is 0.0525. The molecular weight excluding hydrogens is 176 g/mol. The molecule has 2 nitrogen and oxygen atoms in total. The van der Waals surface area contributed by atoms with E-state index < -0.39 is 0 Å². The van der Waals surface area contributed by atoms with Crippen molar-refractivity contribution in [2.24, 2.45) is 0 Å². The number of phenols is 1. The SMILES string of the molecule is CC1(C)CCC(=O)c2cc(O)ccc21. The zero-order chi connectivity index (χ0) is 10.3. The van der Waals surface area contributed by atoms with Crippen LogP contribution >= 0.6 is 0 Å². The Morgan fingerprint density at radius 2 is 2.07 bits per heavy atom. The second-order valence-corrected chi connectivity index (χ2v) is 4.54. The molecular formula is C12H14O2. The standard InChI is InChI=1S/C12H14O2/c1-12(2)6-5-11(14)9-7-8(13)3-4-10(9)12/h3-4,7,13H,5-6H2,1-2H3. The van der Waals surface area contributed by atoms with Gasteiger partial charge in [0, 0.05) is 12.0 Å². The number of ketones is 1. The number of hydrogen-bond donors (Lipinski definition) is 1. The molecule has 0 atom stereocenters. The number of aromatic hydroxyl groups is 1. The van der Waals surface area contributed by atoms with E-state index >= 15 is 0 Å². The maximum Gasteiger partial charge on any atom is 0.163 e. The van der Waals surface area contributed by atoms with Crippen molar-refractivity contribution in [1.82, 2.24) is 0 Å². The first-order chi connectivity index (χ1) is 6.50. The predicted octanol–water partition coefficient (Wildman–Crippen LogP) is 2.65. The van der Waals surface area contributed by atoms with E-state index in [4.69, 9.17) is 0 Å². The highest BCUT2D eigenvalue weighted by atomic mass is 16.3. The fraction of sp³-hybridized carbons (Fsp3) is 0.417. The van der Waals surface area contributed by atoms with Crippen molar-refractivity contribution >= 4 is 5.78 Å². The molecule has 1 aromatic carbocycles. The highest BCUT2D eigenvalue weighted by Crippen LogP contribution is 2.37. The van der Waals surface area contributed by atoms with E-state index in [1.165, 1.54) is 0 Å². The van der Waals surface area contributed by atoms with Gasteiger partial charge >= 0.3 is 0 Å². The molecule has 0 saturated carbocycles. The second kappa shape index (κ2) is 2.84. The number of carbonyl (C=O) groups is 1. The summed E-state index contributed by atoms with van der Waals surface area (Å²) in [6.45, 7) is 4.27. The van der Waals surface area contributed by atoms with Crippen LogP contribution in [0.15, 0.2) is 18.2 Å². The molecule has 0 radical (unpaired) electrons. The molecule has 0 fully saturated rings. The van der Waals surface area contributed by atoms with Crippen LogP contribution in [0, 0.1) is 0 Å². The van der Waals surface area contributed by atoms with E-state index in [0.717, 1.165) is 12.0 Å². The van der Waals surface area contributed by atoms with Crippen molar-refractivity contribution in [2.45, 2.75) is 32.1 Å². The minimum absolute atomic E-state index is 0.0525. The molecule has 0 bridgehead atoms. The molecule has 1 aromatic rings. The van der Waals surface area contributed by atoms with Gasteiger partial charge in [-0.15, -0.1) is 0 Å². The Morgan fingerprint density at radius 1 is 1.36 bits per heavy atom. The van der Waals surface area contributed by atoms with Crippen molar-refractivity contribution in [1.29, 1.82) is 0 Å². The number of carbonyl (C=O) groups excluding carboxylic acids is 1. The lowest BCUT2D eigenvalue weighted by atomic mass is 9.72. The van der Waals surface area contributed by atoms with Crippen LogP contribution in [-0.2, 0) is 5.41 Å². The monoisotopic (exact) mass is 190 g/mol. The quantitative estimate of drug-likeness (QED) is 0.682. The Morgan fingerprint density at radius 3 is 2.79 bits per heavy atom. The van der Waals surface area contributed by atoms with Crippen LogP contribution in [0.25, 0.3) is 0 Å². The smallest absolute Gasteiger partial charge is 0.163 e. The average Bonchev–Trinajstić information content (AvgIpc) is 2.12. The molecule has 2 heteroatoms. The second-order valence-electron chi connectivity index (χ2n) is 4.54. The maximum absolute atomic E-state index is 11.6. The van der Waals surface area contributed by atoms with Gasteiger partial charge in [-0.25, -0.2) is 0 Å². The number of rotatable bonds is 0. The Hall–Kier alpha value is -1.31. The molecule has 0 heterocycles. The summed E-state index contributed by atoms with van der Waals surface area (Å²) in [7, 11) is 0. The zero-order valence-electron chi connectivity index (χ0n) is 8.50. The third-order valence-electron chi connectivity index (χ3n) is 3.01. The summed E-state index contributed by atoms with van der Waals surface area (Å²) < 4.78 is 0. The molecule has 1 N–H and O–H groups in total. The third kappa shape index (κ3) is 1.31. The van der Waals surface area contributed by atoms with Crippen LogP contribution in [0.4, 0.5) is 0 Å². The predicted molar refractivity (Wildman–Crippen MR) is 54.7 cm³/mol. The molecule has 0 amide bonds. The first-order valence-electron chi connectivity index (χ1n) is 4.87. The van der Waals surface area contributed by atoms with Gasteiger partial charge in [-0.3, -0.25) is 4.79 Å². The van der Waals surface area contributed by atoms with Gasteiger partial charge in [0.25, 0.3) is 0 Å². The zero-order valence-corrected chi connectivity index (χ0v) is 8.50. The highest BCUT2D eigenvalue weighted by molar-refractivity contribution is 5.99. The third-order valence-corrected chi connectivity index (χ3v) is 3.01. The van der Waals surface area contributed by atoms with Gasteiger partial charge in [0.2, 0.25) is 0 Å². The van der Waals surface area contributed by atoms with Gasteiger partial charge in [-0.1, -0.05) is 19.9 Å². The molecule has 0 aliphatic heterocycles. The summed E-state index contributed by atoms with van der Waals surface area (Å²) in [4.78, 5) is 11.6. The van der Waals surface area contributed by atoms with E-state index in [1.807, 2.05) is 6.07 Å². The Bertz CT molecular complexity index is 391. The molecule has 0 aromatic heterocycles. The van der Waals surface area contributed by atoms with Gasteiger partial charge in [-0.2, -0.15) is 0 Å². The lowest BCUT2D eigenvalue weighted by Crippen LogP contribution is -2.27. The number of phenolic OH excluding ortho intramolecular Hbond substituents is 1. The van der Waals surface area contributed by atoms with Gasteiger partial charge in [0.15, 0.2) is 5.78 Å². The number of Topliss-reactive ketones (excluding diaryl/α,β-unsaturated/α-hetero) is 1. The normalized spacial score (nSPS) is 19.1. The molecule has 0 saturated heterocycles. The molecule has 0 spiro atoms. The molecule has 0 unspecified atom stereocenters. The van der Waals surface area contributed by atoms with E-state index in [1.54, 1.807) is 12.1 Å². The Labute approximate surface area is 83.6 Å². The van der Waals surface area contributed by atoms with Crippen LogP contribution < -0.4 is 0 Å². The van der Waals surface area contributed by atoms with E-state index in [9.17, 15) is 9.90 Å². The Balaban J connectivity index is 2.63. The highest BCUT2D eigenvalue weighted by Gasteiger charge is 2.31. The summed E-state index contributed by atoms with van der Waals surface area (Å²) in [5, 5.41) is 9.32. The summed E-state index contributed by atoms with van der Waals surface area (Å²) in [5.41, 5.74) is 1.81. The van der Waals surface area contributed by atoms with Crippen molar-refractivity contribution in [2.75, 3.05) is 0 Å². The lowest BCUT2D eigenvalue weighted by Gasteiger charge is -2.31. The van der Waals surface area contributed by atoms with Crippen LogP contribution in [0.1, 0.15) is 42.6 Å². The fourth-order valence-electron chi connectivity index (χ4n) is 2.05. The van der Waals surface area contributed by atoms with E-state index in [2.05, 4.69) is 13.8 Å². The topological polar surface area (TPSA) is 37.3 Å². The van der Waals surface area contributed by atoms with Gasteiger partial charge in [0.1, 0.15) is 5.75 Å². The van der Waals surface area contributed by atoms with Crippen molar-refractivity contribution in [3.63, 3.8) is 0 Å².